The minimum absolute atomic E-state index is 0.106. The molecule has 2 aromatic rings. The third-order valence-electron chi connectivity index (χ3n) is 3.82. The summed E-state index contributed by atoms with van der Waals surface area (Å²) in [5, 5.41) is 1.06. The minimum Gasteiger partial charge on any atom is -0.472 e. The van der Waals surface area contributed by atoms with Gasteiger partial charge >= 0.3 is 0 Å². The highest BCUT2D eigenvalue weighted by Gasteiger charge is 2.36. The first-order chi connectivity index (χ1) is 10.6. The summed E-state index contributed by atoms with van der Waals surface area (Å²) < 4.78 is 31.3. The number of unbranched alkanes of at least 4 members (excludes halogenated alkanes) is 1. The van der Waals surface area contributed by atoms with E-state index in [2.05, 4.69) is 4.98 Å². The molecule has 0 aliphatic carbocycles. The second-order valence-electron chi connectivity index (χ2n) is 5.57. The number of para-hydroxylation sites is 1. The van der Waals surface area contributed by atoms with Gasteiger partial charge in [-0.3, -0.25) is 0 Å². The van der Waals surface area contributed by atoms with Gasteiger partial charge in [-0.2, -0.15) is 4.31 Å². The Kier molecular flexibility index (Phi) is 4.31. The normalized spacial score (nSPS) is 16.6. The van der Waals surface area contributed by atoms with Crippen LogP contribution in [0.25, 0.3) is 10.9 Å². The summed E-state index contributed by atoms with van der Waals surface area (Å²) in [6, 6.07) is 11.6. The molecule has 0 radical (unpaired) electrons. The highest BCUT2D eigenvalue weighted by atomic mass is 32.2. The molecule has 0 atom stereocenters. The molecule has 1 aliphatic heterocycles. The van der Waals surface area contributed by atoms with Crippen LogP contribution in [0.5, 0.6) is 5.88 Å². The van der Waals surface area contributed by atoms with Crippen LogP contribution in [0, 0.1) is 0 Å². The Bertz CT molecular complexity index is 755. The summed E-state index contributed by atoms with van der Waals surface area (Å²) >= 11 is 0. The van der Waals surface area contributed by atoms with Crippen molar-refractivity contribution in [3.63, 3.8) is 0 Å². The topological polar surface area (TPSA) is 59.5 Å². The third kappa shape index (κ3) is 3.23. The maximum Gasteiger partial charge on any atom is 0.214 e. The van der Waals surface area contributed by atoms with E-state index in [1.54, 1.807) is 0 Å². The van der Waals surface area contributed by atoms with Crippen LogP contribution < -0.4 is 4.74 Å². The van der Waals surface area contributed by atoms with Gasteiger partial charge in [0.05, 0.1) is 24.4 Å². The minimum atomic E-state index is -3.11. The lowest BCUT2D eigenvalue weighted by Gasteiger charge is -2.37. The van der Waals surface area contributed by atoms with Crippen LogP contribution >= 0.6 is 0 Å². The Morgan fingerprint density at radius 1 is 1.23 bits per heavy atom. The summed E-state index contributed by atoms with van der Waals surface area (Å²) in [5.74, 6) is 0.777. The van der Waals surface area contributed by atoms with Gasteiger partial charge in [0, 0.05) is 11.5 Å². The van der Waals surface area contributed by atoms with E-state index in [9.17, 15) is 8.42 Å². The second kappa shape index (κ2) is 6.22. The summed E-state index contributed by atoms with van der Waals surface area (Å²) in [7, 11) is -3.11. The van der Waals surface area contributed by atoms with Crippen LogP contribution in [-0.2, 0) is 10.0 Å². The molecule has 0 spiro atoms. The largest absolute Gasteiger partial charge is 0.472 e. The standard InChI is InChI=1S/C16H20N2O3S/c1-2-3-10-22(19,20)18-11-14(12-18)21-16-9-8-13-6-4-5-7-15(13)17-16/h4-9,14H,2-3,10-12H2,1H3. The van der Waals surface area contributed by atoms with Gasteiger partial charge in [-0.1, -0.05) is 31.5 Å². The summed E-state index contributed by atoms with van der Waals surface area (Å²) in [6.45, 7) is 2.82. The van der Waals surface area contributed by atoms with Crippen molar-refractivity contribution in [2.45, 2.75) is 25.9 Å². The van der Waals surface area contributed by atoms with E-state index in [1.807, 2.05) is 43.3 Å². The van der Waals surface area contributed by atoms with Crippen molar-refractivity contribution in [1.29, 1.82) is 0 Å². The third-order valence-corrected chi connectivity index (χ3v) is 5.71. The van der Waals surface area contributed by atoms with Crippen LogP contribution in [0.1, 0.15) is 19.8 Å². The molecule has 118 valence electrons. The Balaban J connectivity index is 1.59. The van der Waals surface area contributed by atoms with Crippen molar-refractivity contribution in [3.8, 4) is 5.88 Å². The lowest BCUT2D eigenvalue weighted by atomic mass is 10.2. The van der Waals surface area contributed by atoms with Crippen molar-refractivity contribution < 1.29 is 13.2 Å². The van der Waals surface area contributed by atoms with Crippen molar-refractivity contribution in [1.82, 2.24) is 9.29 Å². The Hall–Kier alpha value is -1.66. The maximum atomic E-state index is 12.0. The van der Waals surface area contributed by atoms with Gasteiger partial charge in [0.2, 0.25) is 15.9 Å². The van der Waals surface area contributed by atoms with Gasteiger partial charge in [0.15, 0.2) is 0 Å². The molecule has 0 unspecified atom stereocenters. The quantitative estimate of drug-likeness (QED) is 0.820. The lowest BCUT2D eigenvalue weighted by molar-refractivity contribution is 0.0724. The van der Waals surface area contributed by atoms with Gasteiger partial charge in [-0.05, 0) is 18.6 Å². The number of pyridine rings is 1. The number of benzene rings is 1. The smallest absolute Gasteiger partial charge is 0.214 e. The first kappa shape index (κ1) is 15.2. The van der Waals surface area contributed by atoms with Crippen LogP contribution in [0.4, 0.5) is 0 Å². The van der Waals surface area contributed by atoms with Crippen LogP contribution in [0.15, 0.2) is 36.4 Å². The van der Waals surface area contributed by atoms with Crippen molar-refractivity contribution in [2.24, 2.45) is 0 Å². The van der Waals surface area contributed by atoms with Crippen molar-refractivity contribution >= 4 is 20.9 Å². The molecular formula is C16H20N2O3S. The molecule has 0 amide bonds. The van der Waals surface area contributed by atoms with Crippen molar-refractivity contribution in [2.75, 3.05) is 18.8 Å². The number of fused-ring (bicyclic) bond motifs is 1. The summed E-state index contributed by atoms with van der Waals surface area (Å²) in [6.07, 6.45) is 1.48. The SMILES string of the molecule is CCCCS(=O)(=O)N1CC(Oc2ccc3ccccc3n2)C1. The highest BCUT2D eigenvalue weighted by molar-refractivity contribution is 7.89. The molecule has 2 heterocycles. The number of hydrogen-bond donors (Lipinski definition) is 0. The molecule has 1 saturated heterocycles. The molecule has 0 bridgehead atoms. The molecule has 3 rings (SSSR count). The molecule has 1 aromatic heterocycles. The molecular weight excluding hydrogens is 300 g/mol. The van der Waals surface area contributed by atoms with E-state index < -0.39 is 10.0 Å². The maximum absolute atomic E-state index is 12.0. The summed E-state index contributed by atoms with van der Waals surface area (Å²) in [4.78, 5) is 4.44. The highest BCUT2D eigenvalue weighted by Crippen LogP contribution is 2.22. The number of nitrogens with zero attached hydrogens (tertiary/aromatic N) is 2. The average molecular weight is 320 g/mol. The Morgan fingerprint density at radius 3 is 2.77 bits per heavy atom. The van der Waals surface area contributed by atoms with Crippen LogP contribution in [0.2, 0.25) is 0 Å². The monoisotopic (exact) mass is 320 g/mol. The van der Waals surface area contributed by atoms with Crippen LogP contribution in [-0.4, -0.2) is 42.7 Å². The fourth-order valence-corrected chi connectivity index (χ4v) is 4.14. The Morgan fingerprint density at radius 2 is 2.00 bits per heavy atom. The first-order valence-corrected chi connectivity index (χ1v) is 9.19. The number of ether oxygens (including phenoxy) is 1. The Labute approximate surface area is 131 Å². The zero-order chi connectivity index (χ0) is 15.6. The van der Waals surface area contributed by atoms with Gasteiger partial charge < -0.3 is 4.74 Å². The number of aromatic nitrogens is 1. The number of rotatable bonds is 6. The van der Waals surface area contributed by atoms with Gasteiger partial charge in [0.1, 0.15) is 6.10 Å². The average Bonchev–Trinajstić information content (AvgIpc) is 2.48. The van der Waals surface area contributed by atoms with Crippen molar-refractivity contribution in [3.05, 3.63) is 36.4 Å². The molecule has 5 nitrogen and oxygen atoms in total. The molecule has 22 heavy (non-hydrogen) atoms. The van der Waals surface area contributed by atoms with Gasteiger partial charge in [-0.25, -0.2) is 13.4 Å². The molecule has 0 saturated carbocycles. The predicted molar refractivity (Wildman–Crippen MR) is 86.4 cm³/mol. The van der Waals surface area contributed by atoms with E-state index in [4.69, 9.17) is 4.74 Å². The molecule has 6 heteroatoms. The molecule has 1 fully saturated rings. The van der Waals surface area contributed by atoms with E-state index >= 15 is 0 Å². The lowest BCUT2D eigenvalue weighted by Crippen LogP contribution is -2.56. The van der Waals surface area contributed by atoms with E-state index in [0.29, 0.717) is 25.4 Å². The second-order valence-corrected chi connectivity index (χ2v) is 7.66. The zero-order valence-corrected chi connectivity index (χ0v) is 13.4. The zero-order valence-electron chi connectivity index (χ0n) is 12.6. The summed E-state index contributed by atoms with van der Waals surface area (Å²) in [5.41, 5.74) is 0.881. The molecule has 1 aliphatic rings. The van der Waals surface area contributed by atoms with Gasteiger partial charge in [0.25, 0.3) is 0 Å². The van der Waals surface area contributed by atoms with E-state index in [1.165, 1.54) is 4.31 Å². The number of sulfonamides is 1. The van der Waals surface area contributed by atoms with Crippen LogP contribution in [0.3, 0.4) is 0 Å². The van der Waals surface area contributed by atoms with E-state index in [-0.39, 0.29) is 11.9 Å². The molecule has 0 N–H and O–H groups in total. The van der Waals surface area contributed by atoms with Gasteiger partial charge in [-0.15, -0.1) is 0 Å². The van der Waals surface area contributed by atoms with E-state index in [0.717, 1.165) is 17.3 Å². The fraction of sp³-hybridized carbons (Fsp3) is 0.438. The predicted octanol–water partition coefficient (Wildman–Crippen LogP) is 2.43. The fourth-order valence-electron chi connectivity index (χ4n) is 2.44. The first-order valence-electron chi connectivity index (χ1n) is 7.59. The number of hydrogen-bond acceptors (Lipinski definition) is 4. The molecule has 1 aromatic carbocycles.